The molecule has 5 heteroatoms. The molecule has 1 aromatic carbocycles. The first-order valence-electron chi connectivity index (χ1n) is 5.76. The van der Waals surface area contributed by atoms with E-state index in [1.807, 2.05) is 6.92 Å². The Balaban J connectivity index is 2.26. The van der Waals surface area contributed by atoms with Gasteiger partial charge in [-0.2, -0.15) is 0 Å². The van der Waals surface area contributed by atoms with Gasteiger partial charge in [0.1, 0.15) is 17.5 Å². The van der Waals surface area contributed by atoms with Crippen molar-refractivity contribution >= 4 is 0 Å². The highest BCUT2D eigenvalue weighted by atomic mass is 19.1. The minimum absolute atomic E-state index is 0.0430. The van der Waals surface area contributed by atoms with Crippen molar-refractivity contribution in [2.75, 3.05) is 0 Å². The fourth-order valence-corrected chi connectivity index (χ4v) is 1.82. The zero-order valence-corrected chi connectivity index (χ0v) is 10.1. The van der Waals surface area contributed by atoms with Crippen molar-refractivity contribution in [2.24, 2.45) is 5.73 Å². The van der Waals surface area contributed by atoms with Gasteiger partial charge in [0, 0.05) is 30.4 Å². The van der Waals surface area contributed by atoms with E-state index < -0.39 is 11.6 Å². The zero-order chi connectivity index (χ0) is 13.1. The summed E-state index contributed by atoms with van der Waals surface area (Å²) in [7, 11) is 0. The first-order valence-corrected chi connectivity index (χ1v) is 5.76. The van der Waals surface area contributed by atoms with Crippen molar-refractivity contribution in [1.29, 1.82) is 0 Å². The van der Waals surface area contributed by atoms with Crippen LogP contribution in [0.5, 0.6) is 0 Å². The number of hydrogen-bond donors (Lipinski definition) is 1. The summed E-state index contributed by atoms with van der Waals surface area (Å²) in [6.07, 6.45) is 3.88. The molecule has 1 heterocycles. The molecule has 18 heavy (non-hydrogen) atoms. The average molecular weight is 251 g/mol. The third-order valence-electron chi connectivity index (χ3n) is 2.70. The zero-order valence-electron chi connectivity index (χ0n) is 10.1. The van der Waals surface area contributed by atoms with E-state index in [-0.39, 0.29) is 18.2 Å². The summed E-state index contributed by atoms with van der Waals surface area (Å²) < 4.78 is 28.8. The molecule has 0 saturated heterocycles. The Hall–Kier alpha value is -1.75. The molecule has 3 nitrogen and oxygen atoms in total. The Morgan fingerprint density at radius 1 is 1.33 bits per heavy atom. The van der Waals surface area contributed by atoms with Gasteiger partial charge >= 0.3 is 0 Å². The molecule has 0 radical (unpaired) electrons. The molecule has 0 saturated carbocycles. The molecule has 0 aliphatic rings. The number of aromatic nitrogens is 2. The summed E-state index contributed by atoms with van der Waals surface area (Å²) in [6.45, 7) is 1.99. The van der Waals surface area contributed by atoms with Gasteiger partial charge in [-0.3, -0.25) is 0 Å². The van der Waals surface area contributed by atoms with E-state index in [0.717, 1.165) is 5.82 Å². The van der Waals surface area contributed by atoms with E-state index >= 15 is 0 Å². The SMILES string of the molecule is CC(N)Cc1nccn1Cc1c(F)cccc1F. The first kappa shape index (κ1) is 12.7. The van der Waals surface area contributed by atoms with Crippen LogP contribution in [0.3, 0.4) is 0 Å². The summed E-state index contributed by atoms with van der Waals surface area (Å²) in [5.74, 6) is -0.362. The quantitative estimate of drug-likeness (QED) is 0.904. The smallest absolute Gasteiger partial charge is 0.131 e. The van der Waals surface area contributed by atoms with Crippen LogP contribution in [0, 0.1) is 11.6 Å². The van der Waals surface area contributed by atoms with Crippen LogP contribution in [-0.2, 0) is 13.0 Å². The summed E-state index contributed by atoms with van der Waals surface area (Å²) in [5, 5.41) is 0. The van der Waals surface area contributed by atoms with Gasteiger partial charge in [-0.1, -0.05) is 6.07 Å². The predicted molar refractivity (Wildman–Crippen MR) is 65.0 cm³/mol. The van der Waals surface area contributed by atoms with Crippen molar-refractivity contribution in [3.05, 3.63) is 53.6 Å². The summed E-state index contributed by atoms with van der Waals surface area (Å²) in [4.78, 5) is 4.15. The van der Waals surface area contributed by atoms with E-state index in [9.17, 15) is 8.78 Å². The minimum atomic E-state index is -0.546. The molecule has 2 N–H and O–H groups in total. The Kier molecular flexibility index (Phi) is 3.72. The van der Waals surface area contributed by atoms with Crippen molar-refractivity contribution in [2.45, 2.75) is 25.9 Å². The standard InChI is InChI=1S/C13H15F2N3/c1-9(16)7-13-17-5-6-18(13)8-10-11(14)3-2-4-12(10)15/h2-6,9H,7-8,16H2,1H3. The molecule has 2 rings (SSSR count). The van der Waals surface area contributed by atoms with Crippen molar-refractivity contribution in [3.63, 3.8) is 0 Å². The van der Waals surface area contributed by atoms with Gasteiger partial charge in [0.05, 0.1) is 6.54 Å². The van der Waals surface area contributed by atoms with Gasteiger partial charge < -0.3 is 10.3 Å². The molecule has 0 bridgehead atoms. The summed E-state index contributed by atoms with van der Waals surface area (Å²) in [5.41, 5.74) is 5.75. The molecule has 1 aromatic heterocycles. The van der Waals surface area contributed by atoms with Crippen LogP contribution < -0.4 is 5.73 Å². The second kappa shape index (κ2) is 5.27. The summed E-state index contributed by atoms with van der Waals surface area (Å²) in [6, 6.07) is 3.81. The Morgan fingerprint density at radius 2 is 2.00 bits per heavy atom. The number of hydrogen-bond acceptors (Lipinski definition) is 2. The number of imidazole rings is 1. The van der Waals surface area contributed by atoms with Crippen LogP contribution in [0.15, 0.2) is 30.6 Å². The number of benzene rings is 1. The van der Waals surface area contributed by atoms with Crippen LogP contribution in [0.4, 0.5) is 8.78 Å². The van der Waals surface area contributed by atoms with Crippen molar-refractivity contribution in [3.8, 4) is 0 Å². The maximum absolute atomic E-state index is 13.5. The molecule has 0 aliphatic carbocycles. The third kappa shape index (κ3) is 2.73. The Bertz CT molecular complexity index is 515. The lowest BCUT2D eigenvalue weighted by atomic mass is 10.2. The molecule has 2 aromatic rings. The number of halogens is 2. The highest BCUT2D eigenvalue weighted by molar-refractivity contribution is 5.20. The van der Waals surface area contributed by atoms with Crippen molar-refractivity contribution in [1.82, 2.24) is 9.55 Å². The van der Waals surface area contributed by atoms with E-state index in [0.29, 0.717) is 6.42 Å². The molecular weight excluding hydrogens is 236 g/mol. The lowest BCUT2D eigenvalue weighted by Gasteiger charge is -2.11. The first-order chi connectivity index (χ1) is 8.58. The van der Waals surface area contributed by atoms with E-state index in [1.54, 1.807) is 17.0 Å². The van der Waals surface area contributed by atoms with Gasteiger partial charge in [-0.05, 0) is 19.1 Å². The number of nitrogens with two attached hydrogens (primary N) is 1. The molecule has 1 unspecified atom stereocenters. The molecular formula is C13H15F2N3. The van der Waals surface area contributed by atoms with Gasteiger partial charge in [0.25, 0.3) is 0 Å². The number of nitrogens with zero attached hydrogens (tertiary/aromatic N) is 2. The van der Waals surface area contributed by atoms with Crippen LogP contribution >= 0.6 is 0 Å². The fourth-order valence-electron chi connectivity index (χ4n) is 1.82. The van der Waals surface area contributed by atoms with Crippen LogP contribution in [-0.4, -0.2) is 15.6 Å². The van der Waals surface area contributed by atoms with Crippen molar-refractivity contribution < 1.29 is 8.78 Å². The topological polar surface area (TPSA) is 43.8 Å². The normalized spacial score (nSPS) is 12.7. The average Bonchev–Trinajstić information content (AvgIpc) is 2.70. The largest absolute Gasteiger partial charge is 0.330 e. The van der Waals surface area contributed by atoms with Gasteiger partial charge in [-0.25, -0.2) is 13.8 Å². The maximum atomic E-state index is 13.5. The fraction of sp³-hybridized carbons (Fsp3) is 0.308. The summed E-state index contributed by atoms with van der Waals surface area (Å²) >= 11 is 0. The molecule has 0 spiro atoms. The van der Waals surface area contributed by atoms with Crippen LogP contribution in [0.1, 0.15) is 18.3 Å². The maximum Gasteiger partial charge on any atom is 0.131 e. The molecule has 0 fully saturated rings. The molecule has 0 amide bonds. The highest BCUT2D eigenvalue weighted by Gasteiger charge is 2.12. The monoisotopic (exact) mass is 251 g/mol. The minimum Gasteiger partial charge on any atom is -0.330 e. The van der Waals surface area contributed by atoms with Crippen LogP contribution in [0.2, 0.25) is 0 Å². The van der Waals surface area contributed by atoms with E-state index in [2.05, 4.69) is 4.98 Å². The Morgan fingerprint density at radius 3 is 2.61 bits per heavy atom. The predicted octanol–water partition coefficient (Wildman–Crippen LogP) is 2.10. The van der Waals surface area contributed by atoms with Gasteiger partial charge in [0.15, 0.2) is 0 Å². The lowest BCUT2D eigenvalue weighted by Crippen LogP contribution is -2.21. The highest BCUT2D eigenvalue weighted by Crippen LogP contribution is 2.15. The lowest BCUT2D eigenvalue weighted by molar-refractivity contribution is 0.537. The molecule has 1 atom stereocenters. The van der Waals surface area contributed by atoms with Gasteiger partial charge in [-0.15, -0.1) is 0 Å². The van der Waals surface area contributed by atoms with E-state index in [1.165, 1.54) is 18.2 Å². The second-order valence-electron chi connectivity index (χ2n) is 4.35. The molecule has 96 valence electrons. The third-order valence-corrected chi connectivity index (χ3v) is 2.70. The van der Waals surface area contributed by atoms with Gasteiger partial charge in [0.2, 0.25) is 0 Å². The number of rotatable bonds is 4. The Labute approximate surface area is 104 Å². The van der Waals surface area contributed by atoms with Crippen LogP contribution in [0.25, 0.3) is 0 Å². The second-order valence-corrected chi connectivity index (χ2v) is 4.35. The molecule has 0 aliphatic heterocycles. The van der Waals surface area contributed by atoms with E-state index in [4.69, 9.17) is 5.73 Å².